The zero-order chi connectivity index (χ0) is 32.8. The van der Waals surface area contributed by atoms with Gasteiger partial charge in [-0.1, -0.05) is 77.2 Å². The second-order valence-electron chi connectivity index (χ2n) is 11.2. The third kappa shape index (κ3) is 10.6. The molecule has 4 aromatic carbocycles. The quantitative estimate of drug-likeness (QED) is 0.117. The van der Waals surface area contributed by atoms with Crippen molar-refractivity contribution in [3.63, 3.8) is 0 Å². The predicted octanol–water partition coefficient (Wildman–Crippen LogP) is 7.46. The van der Waals surface area contributed by atoms with Crippen LogP contribution >= 0.6 is 23.2 Å². The van der Waals surface area contributed by atoms with Gasteiger partial charge in [0.2, 0.25) is 0 Å². The molecule has 2 aliphatic heterocycles. The third-order valence-electron chi connectivity index (χ3n) is 7.35. The summed E-state index contributed by atoms with van der Waals surface area (Å²) in [5.41, 5.74) is 7.13. The number of cyclic esters (lactones) is 2. The third-order valence-corrected chi connectivity index (χ3v) is 8.01. The van der Waals surface area contributed by atoms with E-state index in [1.807, 2.05) is 25.1 Å². The summed E-state index contributed by atoms with van der Waals surface area (Å²) in [4.78, 5) is 53.8. The molecule has 0 radical (unpaired) electrons. The second kappa shape index (κ2) is 21.3. The van der Waals surface area contributed by atoms with Crippen LogP contribution in [-0.4, -0.2) is 98.3 Å². The van der Waals surface area contributed by atoms with Crippen LogP contribution in [0.15, 0.2) is 60.7 Å². The van der Waals surface area contributed by atoms with Crippen LogP contribution < -0.4 is 5.73 Å². The lowest BCUT2D eigenvalue weighted by Crippen LogP contribution is -2.41. The van der Waals surface area contributed by atoms with E-state index < -0.39 is 11.9 Å². The number of hydrogen-bond donors (Lipinski definition) is 1. The maximum Gasteiger partial charge on any atom is 0.346 e. The van der Waals surface area contributed by atoms with Crippen LogP contribution in [0.2, 0.25) is 10.0 Å². The number of benzene rings is 4. The molecule has 50 heavy (non-hydrogen) atoms. The number of carbonyl (C=O) groups excluding carboxylic acids is 4. The summed E-state index contributed by atoms with van der Waals surface area (Å²) in [6, 6.07) is 17.1. The van der Waals surface area contributed by atoms with E-state index in [4.69, 9.17) is 28.9 Å². The van der Waals surface area contributed by atoms with Crippen molar-refractivity contribution in [2.45, 2.75) is 42.5 Å². The van der Waals surface area contributed by atoms with E-state index in [2.05, 4.69) is 23.7 Å². The van der Waals surface area contributed by atoms with E-state index in [1.165, 1.54) is 4.90 Å². The Morgan fingerprint density at radius 1 is 0.620 bits per heavy atom. The van der Waals surface area contributed by atoms with Gasteiger partial charge in [-0.25, -0.2) is 9.59 Å². The van der Waals surface area contributed by atoms with Crippen molar-refractivity contribution in [1.82, 2.24) is 14.7 Å². The Morgan fingerprint density at radius 2 is 1.02 bits per heavy atom. The summed E-state index contributed by atoms with van der Waals surface area (Å²) in [5, 5.41) is 3.78. The number of imide groups is 1. The largest absolute Gasteiger partial charge is 0.412 e. The molecule has 2 amide bonds. The van der Waals surface area contributed by atoms with E-state index in [1.54, 1.807) is 54.6 Å². The van der Waals surface area contributed by atoms with Gasteiger partial charge < -0.3 is 25.7 Å². The van der Waals surface area contributed by atoms with Gasteiger partial charge in [0.05, 0.1) is 11.1 Å². The number of amides is 2. The monoisotopic (exact) mass is 732 g/mol. The van der Waals surface area contributed by atoms with Gasteiger partial charge in [-0.3, -0.25) is 14.5 Å². The highest BCUT2D eigenvalue weighted by Gasteiger charge is 2.33. The fourth-order valence-corrected chi connectivity index (χ4v) is 5.61. The topological polar surface area (TPSA) is 145 Å². The number of nitrogens with zero attached hydrogens (tertiary/aromatic N) is 3. The first-order valence-electron chi connectivity index (χ1n) is 14.5. The first-order chi connectivity index (χ1) is 21.5. The molecule has 0 spiro atoms. The minimum atomic E-state index is -0.620. The van der Waals surface area contributed by atoms with Crippen LogP contribution in [-0.2, 0) is 4.74 Å². The fraction of sp³-hybridized carbons (Fsp3) is 0.368. The molecule has 2 heterocycles. The van der Waals surface area contributed by atoms with Gasteiger partial charge in [-0.15, -0.1) is 0 Å². The molecule has 10 nitrogen and oxygen atoms in total. The minimum Gasteiger partial charge on any atom is -0.412 e. The van der Waals surface area contributed by atoms with E-state index in [-0.39, 0.29) is 47.0 Å². The zero-order valence-corrected chi connectivity index (χ0v) is 27.7. The SMILES string of the molecule is C.C.C.C.CN(C)CCCN.CN(C)CCCN1C(=O)c2cccc3c(Cl)ccc(c23)C1=O.O.O=C1OC(=O)c2ccc(Cl)c3cccc1c23. The molecule has 0 unspecified atom stereocenters. The molecular formula is C38H54Cl2N4O6. The normalized spacial score (nSPS) is 12.2. The lowest BCUT2D eigenvalue weighted by molar-refractivity contribution is 0.0390. The first kappa shape index (κ1) is 48.2. The van der Waals surface area contributed by atoms with Crippen LogP contribution in [0.1, 0.15) is 84.0 Å². The minimum absolute atomic E-state index is 0. The molecule has 0 saturated carbocycles. The summed E-state index contributed by atoms with van der Waals surface area (Å²) in [6.45, 7) is 3.16. The van der Waals surface area contributed by atoms with Gasteiger partial charge in [-0.05, 0) is 97.1 Å². The number of halogens is 2. The number of nitrogens with two attached hydrogens (primary N) is 1. The van der Waals surface area contributed by atoms with Crippen molar-refractivity contribution in [3.8, 4) is 0 Å². The maximum absolute atomic E-state index is 12.6. The van der Waals surface area contributed by atoms with Crippen molar-refractivity contribution in [3.05, 3.63) is 93.0 Å². The molecule has 2 aliphatic rings. The van der Waals surface area contributed by atoms with Gasteiger partial charge in [0.1, 0.15) is 0 Å². The Hall–Kier alpha value is -3.90. The standard InChI is InChI=1S/C17H17ClN2O2.C12H5ClO3.C5H14N2.4CH4.H2O/c1-19(2)9-4-10-20-16(21)12-6-3-5-11-14(18)8-7-13(15(11)12)17(20)22;13-9-5-4-8-10-6(9)2-1-3-7(10)11(14)16-12(8)15;1-7(2)5-3-4-6;;;;;/h3,5-8H,4,9-10H2,1-2H3;1-5H;3-6H2,1-2H3;4*1H4;1H2. The highest BCUT2D eigenvalue weighted by Crippen LogP contribution is 2.35. The number of hydrogen-bond acceptors (Lipinski definition) is 8. The average molecular weight is 734 g/mol. The van der Waals surface area contributed by atoms with Crippen LogP contribution in [0.3, 0.4) is 0 Å². The summed E-state index contributed by atoms with van der Waals surface area (Å²) in [5.74, 6) is -1.70. The van der Waals surface area contributed by atoms with Crippen LogP contribution in [0.4, 0.5) is 0 Å². The lowest BCUT2D eigenvalue weighted by Gasteiger charge is -2.27. The van der Waals surface area contributed by atoms with Crippen molar-refractivity contribution in [2.24, 2.45) is 5.73 Å². The lowest BCUT2D eigenvalue weighted by atomic mass is 9.94. The van der Waals surface area contributed by atoms with Crippen LogP contribution in [0.5, 0.6) is 0 Å². The zero-order valence-electron chi connectivity index (χ0n) is 26.2. The van der Waals surface area contributed by atoms with Gasteiger partial charge in [0.15, 0.2) is 0 Å². The summed E-state index contributed by atoms with van der Waals surface area (Å²) in [7, 11) is 8.04. The van der Waals surface area contributed by atoms with Crippen LogP contribution in [0.25, 0.3) is 21.5 Å². The highest BCUT2D eigenvalue weighted by atomic mass is 35.5. The smallest absolute Gasteiger partial charge is 0.346 e. The van der Waals surface area contributed by atoms with Gasteiger partial charge in [-0.2, -0.15) is 0 Å². The van der Waals surface area contributed by atoms with E-state index in [9.17, 15) is 19.2 Å². The summed E-state index contributed by atoms with van der Waals surface area (Å²) >= 11 is 12.2. The number of ether oxygens (including phenoxy) is 1. The molecule has 4 aromatic rings. The van der Waals surface area contributed by atoms with Crippen molar-refractivity contribution >= 4 is 68.5 Å². The van der Waals surface area contributed by atoms with Crippen molar-refractivity contribution in [2.75, 3.05) is 54.4 Å². The van der Waals surface area contributed by atoms with E-state index in [0.29, 0.717) is 55.0 Å². The predicted molar refractivity (Wildman–Crippen MR) is 209 cm³/mol. The highest BCUT2D eigenvalue weighted by molar-refractivity contribution is 6.38. The molecule has 0 bridgehead atoms. The molecule has 0 aliphatic carbocycles. The molecule has 4 N–H and O–H groups in total. The Labute approximate surface area is 307 Å². The molecule has 276 valence electrons. The number of carbonyl (C=O) groups is 4. The molecule has 0 aromatic heterocycles. The molecule has 12 heteroatoms. The first-order valence-corrected chi connectivity index (χ1v) is 15.3. The maximum atomic E-state index is 12.6. The van der Waals surface area contributed by atoms with E-state index >= 15 is 0 Å². The Kier molecular flexibility index (Phi) is 20.6. The van der Waals surface area contributed by atoms with Gasteiger partial charge in [0.25, 0.3) is 11.8 Å². The molecule has 0 atom stereocenters. The Bertz CT molecular complexity index is 1740. The molecular weight excluding hydrogens is 679 g/mol. The summed E-state index contributed by atoms with van der Waals surface area (Å²) in [6.07, 6.45) is 1.86. The van der Waals surface area contributed by atoms with Gasteiger partial charge >= 0.3 is 11.9 Å². The van der Waals surface area contributed by atoms with Crippen LogP contribution in [0, 0.1) is 0 Å². The Morgan fingerprint density at radius 3 is 1.48 bits per heavy atom. The fourth-order valence-electron chi connectivity index (χ4n) is 5.17. The molecule has 6 rings (SSSR count). The summed E-state index contributed by atoms with van der Waals surface area (Å²) < 4.78 is 4.62. The van der Waals surface area contributed by atoms with Crippen molar-refractivity contribution in [1.29, 1.82) is 0 Å². The average Bonchev–Trinajstić information content (AvgIpc) is 3.01. The van der Waals surface area contributed by atoms with Gasteiger partial charge in [0, 0.05) is 49.3 Å². The number of rotatable bonds is 7. The van der Waals surface area contributed by atoms with E-state index in [0.717, 1.165) is 37.9 Å². The number of esters is 2. The second-order valence-corrected chi connectivity index (χ2v) is 12.0. The Balaban J connectivity index is 0. The molecule has 0 fully saturated rings. The van der Waals surface area contributed by atoms with Crippen molar-refractivity contribution < 1.29 is 29.4 Å². The molecule has 0 saturated heterocycles.